The molecule has 2 aromatic rings. The van der Waals surface area contributed by atoms with Gasteiger partial charge in [0.25, 0.3) is 0 Å². The van der Waals surface area contributed by atoms with Crippen molar-refractivity contribution < 1.29 is 4.74 Å². The zero-order valence-corrected chi connectivity index (χ0v) is 15.6. The Kier molecular flexibility index (Phi) is 5.42. The van der Waals surface area contributed by atoms with Crippen molar-refractivity contribution in [3.8, 4) is 11.8 Å². The molecule has 4 nitrogen and oxygen atoms in total. The average Bonchev–Trinajstić information content (AvgIpc) is 3.13. The molecule has 0 aromatic heterocycles. The molecule has 3 unspecified atom stereocenters. The molecule has 1 aliphatic heterocycles. The Balaban J connectivity index is 1.58. The SMILES string of the molecule is N#Cc1ccccc1OC1CC(c2ccccc2)CC1N1CCC[C@@H](N)C1. The van der Waals surface area contributed by atoms with E-state index in [9.17, 15) is 5.26 Å². The lowest BCUT2D eigenvalue weighted by Crippen LogP contribution is -2.51. The maximum atomic E-state index is 9.41. The van der Waals surface area contributed by atoms with Crippen LogP contribution in [0.3, 0.4) is 0 Å². The normalized spacial score (nSPS) is 28.6. The Morgan fingerprint density at radius 1 is 1.04 bits per heavy atom. The maximum Gasteiger partial charge on any atom is 0.137 e. The second-order valence-electron chi connectivity index (χ2n) is 7.81. The van der Waals surface area contributed by atoms with Gasteiger partial charge in [0.05, 0.1) is 5.56 Å². The van der Waals surface area contributed by atoms with E-state index in [1.54, 1.807) is 0 Å². The van der Waals surface area contributed by atoms with Gasteiger partial charge in [0, 0.05) is 18.6 Å². The molecule has 2 fully saturated rings. The zero-order chi connectivity index (χ0) is 18.6. The summed E-state index contributed by atoms with van der Waals surface area (Å²) < 4.78 is 6.45. The molecule has 1 saturated carbocycles. The van der Waals surface area contributed by atoms with Crippen LogP contribution in [0.25, 0.3) is 0 Å². The first-order valence-electron chi connectivity index (χ1n) is 9.95. The fourth-order valence-corrected chi connectivity index (χ4v) is 4.65. The molecule has 27 heavy (non-hydrogen) atoms. The van der Waals surface area contributed by atoms with E-state index in [0.717, 1.165) is 38.8 Å². The van der Waals surface area contributed by atoms with E-state index in [1.165, 1.54) is 5.56 Å². The summed E-state index contributed by atoms with van der Waals surface area (Å²) in [4.78, 5) is 2.52. The van der Waals surface area contributed by atoms with E-state index in [4.69, 9.17) is 10.5 Å². The largest absolute Gasteiger partial charge is 0.487 e. The highest BCUT2D eigenvalue weighted by molar-refractivity contribution is 5.42. The number of hydrogen-bond acceptors (Lipinski definition) is 4. The van der Waals surface area contributed by atoms with Crippen molar-refractivity contribution in [2.24, 2.45) is 5.73 Å². The fraction of sp³-hybridized carbons (Fsp3) is 0.435. The number of nitrogens with zero attached hydrogens (tertiary/aromatic N) is 2. The van der Waals surface area contributed by atoms with Crippen molar-refractivity contribution in [1.29, 1.82) is 5.26 Å². The van der Waals surface area contributed by atoms with Crippen molar-refractivity contribution >= 4 is 0 Å². The average molecular weight is 361 g/mol. The smallest absolute Gasteiger partial charge is 0.137 e. The summed E-state index contributed by atoms with van der Waals surface area (Å²) in [5.41, 5.74) is 8.24. The third-order valence-corrected chi connectivity index (χ3v) is 5.99. The molecule has 0 radical (unpaired) electrons. The molecule has 1 aliphatic carbocycles. The summed E-state index contributed by atoms with van der Waals surface area (Å²) in [6.07, 6.45) is 4.38. The van der Waals surface area contributed by atoms with Gasteiger partial charge in [0.2, 0.25) is 0 Å². The predicted octanol–water partition coefficient (Wildman–Crippen LogP) is 3.67. The summed E-state index contributed by atoms with van der Waals surface area (Å²) >= 11 is 0. The molecule has 0 spiro atoms. The minimum Gasteiger partial charge on any atom is -0.487 e. The van der Waals surface area contributed by atoms with E-state index in [0.29, 0.717) is 23.3 Å². The highest BCUT2D eigenvalue weighted by atomic mass is 16.5. The van der Waals surface area contributed by atoms with Crippen LogP contribution in [-0.4, -0.2) is 36.2 Å². The summed E-state index contributed by atoms with van der Waals surface area (Å²) in [5, 5.41) is 9.41. The molecule has 0 amide bonds. The quantitative estimate of drug-likeness (QED) is 0.902. The van der Waals surface area contributed by atoms with Gasteiger partial charge in [-0.1, -0.05) is 42.5 Å². The molecule has 0 bridgehead atoms. The molecular formula is C23H27N3O. The molecule has 2 aromatic carbocycles. The number of ether oxygens (including phenoxy) is 1. The van der Waals surface area contributed by atoms with Gasteiger partial charge >= 0.3 is 0 Å². The molecule has 4 heteroatoms. The highest BCUT2D eigenvalue weighted by Crippen LogP contribution is 2.40. The summed E-state index contributed by atoms with van der Waals surface area (Å²) in [5.74, 6) is 1.18. The first-order valence-corrected chi connectivity index (χ1v) is 9.95. The number of benzene rings is 2. The lowest BCUT2D eigenvalue weighted by atomic mass is 9.97. The molecule has 2 aliphatic rings. The number of hydrogen-bond donors (Lipinski definition) is 1. The molecule has 4 atom stereocenters. The topological polar surface area (TPSA) is 62.3 Å². The van der Waals surface area contributed by atoms with E-state index in [2.05, 4.69) is 41.3 Å². The van der Waals surface area contributed by atoms with Crippen LogP contribution in [0.15, 0.2) is 54.6 Å². The van der Waals surface area contributed by atoms with Gasteiger partial charge in [0.15, 0.2) is 0 Å². The van der Waals surface area contributed by atoms with Crippen molar-refractivity contribution in [2.75, 3.05) is 13.1 Å². The Labute approximate surface area is 161 Å². The van der Waals surface area contributed by atoms with Gasteiger partial charge in [-0.2, -0.15) is 5.26 Å². The fourth-order valence-electron chi connectivity index (χ4n) is 4.65. The summed E-state index contributed by atoms with van der Waals surface area (Å²) in [6, 6.07) is 21.1. The van der Waals surface area contributed by atoms with Gasteiger partial charge in [0.1, 0.15) is 17.9 Å². The molecular weight excluding hydrogens is 334 g/mol. The Morgan fingerprint density at radius 2 is 1.81 bits per heavy atom. The first-order chi connectivity index (χ1) is 13.2. The number of nitriles is 1. The second kappa shape index (κ2) is 8.12. The first kappa shape index (κ1) is 18.0. The minimum atomic E-state index is 0.0787. The number of para-hydroxylation sites is 1. The van der Waals surface area contributed by atoms with Crippen LogP contribution in [0, 0.1) is 11.3 Å². The number of piperidine rings is 1. The molecule has 4 rings (SSSR count). The standard InChI is InChI=1S/C23H27N3O/c24-15-18-9-4-5-11-22(18)27-23-14-19(17-7-2-1-3-8-17)13-21(23)26-12-6-10-20(25)16-26/h1-5,7-9,11,19-21,23H,6,10,12-14,16,25H2/t19?,20-,21?,23?/m1/s1. The number of rotatable bonds is 4. The second-order valence-corrected chi connectivity index (χ2v) is 7.81. The van der Waals surface area contributed by atoms with Gasteiger partial charge < -0.3 is 10.5 Å². The lowest BCUT2D eigenvalue weighted by molar-refractivity contribution is 0.0680. The molecule has 2 N–H and O–H groups in total. The molecule has 1 saturated heterocycles. The third-order valence-electron chi connectivity index (χ3n) is 5.99. The third kappa shape index (κ3) is 4.00. The molecule has 140 valence electrons. The maximum absolute atomic E-state index is 9.41. The molecule has 1 heterocycles. The predicted molar refractivity (Wildman–Crippen MR) is 107 cm³/mol. The van der Waals surface area contributed by atoms with E-state index in [1.807, 2.05) is 24.3 Å². The summed E-state index contributed by atoms with van der Waals surface area (Å²) in [6.45, 7) is 2.02. The zero-order valence-electron chi connectivity index (χ0n) is 15.6. The number of nitrogens with two attached hydrogens (primary N) is 1. The van der Waals surface area contributed by atoms with Crippen LogP contribution >= 0.6 is 0 Å². The van der Waals surface area contributed by atoms with Crippen molar-refractivity contribution in [2.45, 2.75) is 49.8 Å². The van der Waals surface area contributed by atoms with Gasteiger partial charge in [-0.25, -0.2) is 0 Å². The monoisotopic (exact) mass is 361 g/mol. The van der Waals surface area contributed by atoms with E-state index < -0.39 is 0 Å². The lowest BCUT2D eigenvalue weighted by Gasteiger charge is -2.38. The van der Waals surface area contributed by atoms with Crippen molar-refractivity contribution in [3.63, 3.8) is 0 Å². The number of likely N-dealkylation sites (tertiary alicyclic amines) is 1. The van der Waals surface area contributed by atoms with E-state index >= 15 is 0 Å². The van der Waals surface area contributed by atoms with Crippen LogP contribution in [0.4, 0.5) is 0 Å². The van der Waals surface area contributed by atoms with Gasteiger partial charge in [-0.15, -0.1) is 0 Å². The van der Waals surface area contributed by atoms with E-state index in [-0.39, 0.29) is 12.1 Å². The van der Waals surface area contributed by atoms with Gasteiger partial charge in [-0.05, 0) is 55.8 Å². The Morgan fingerprint density at radius 3 is 2.59 bits per heavy atom. The van der Waals surface area contributed by atoms with Crippen molar-refractivity contribution in [3.05, 3.63) is 65.7 Å². The Hall–Kier alpha value is -2.35. The van der Waals surface area contributed by atoms with Crippen LogP contribution in [0.5, 0.6) is 5.75 Å². The Bertz CT molecular complexity index is 801. The van der Waals surface area contributed by atoms with Crippen LogP contribution in [-0.2, 0) is 0 Å². The van der Waals surface area contributed by atoms with Crippen molar-refractivity contribution in [1.82, 2.24) is 4.90 Å². The highest BCUT2D eigenvalue weighted by Gasteiger charge is 2.41. The van der Waals surface area contributed by atoms with Crippen LogP contribution in [0.1, 0.15) is 42.7 Å². The summed E-state index contributed by atoms with van der Waals surface area (Å²) in [7, 11) is 0. The van der Waals surface area contributed by atoms with Crippen LogP contribution < -0.4 is 10.5 Å². The van der Waals surface area contributed by atoms with Crippen LogP contribution in [0.2, 0.25) is 0 Å². The minimum absolute atomic E-state index is 0.0787. The van der Waals surface area contributed by atoms with Gasteiger partial charge in [-0.3, -0.25) is 4.90 Å².